The van der Waals surface area contributed by atoms with Gasteiger partial charge in [0.05, 0.1) is 18.1 Å². The van der Waals surface area contributed by atoms with Crippen LogP contribution in [-0.4, -0.2) is 58.3 Å². The molecular formula is C13H18N6O3S. The Morgan fingerprint density at radius 2 is 2.22 bits per heavy atom. The van der Waals surface area contributed by atoms with Crippen molar-refractivity contribution in [3.05, 3.63) is 31.1 Å². The molecule has 2 aromatic heterocycles. The molecule has 0 amide bonds. The molecule has 2 aromatic rings. The van der Waals surface area contributed by atoms with Crippen LogP contribution in [0.5, 0.6) is 0 Å². The van der Waals surface area contributed by atoms with E-state index >= 15 is 0 Å². The molecule has 2 N–H and O–H groups in total. The number of anilines is 1. The van der Waals surface area contributed by atoms with Gasteiger partial charge in [0, 0.05) is 45.3 Å². The molecule has 3 rings (SSSR count). The number of hydrogen-bond donors (Lipinski definition) is 2. The third kappa shape index (κ3) is 3.49. The van der Waals surface area contributed by atoms with Crippen LogP contribution in [0.1, 0.15) is 6.42 Å². The number of nitrogens with one attached hydrogen (secondary N) is 1. The first-order valence-corrected chi connectivity index (χ1v) is 8.57. The van der Waals surface area contributed by atoms with Crippen molar-refractivity contribution < 1.29 is 13.5 Å². The van der Waals surface area contributed by atoms with Crippen molar-refractivity contribution >= 4 is 15.8 Å². The Hall–Kier alpha value is -2.04. The number of rotatable bonds is 5. The molecule has 1 aliphatic heterocycles. The van der Waals surface area contributed by atoms with Crippen LogP contribution in [0.3, 0.4) is 0 Å². The lowest BCUT2D eigenvalue weighted by Crippen LogP contribution is -2.45. The number of hydrogen-bond acceptors (Lipinski definition) is 7. The monoisotopic (exact) mass is 338 g/mol. The normalized spacial score (nSPS) is 21.7. The van der Waals surface area contributed by atoms with Crippen LogP contribution in [0.4, 0.5) is 5.82 Å². The average Bonchev–Trinajstić information content (AvgIpc) is 3.14. The lowest BCUT2D eigenvalue weighted by atomic mass is 10.0. The molecule has 124 valence electrons. The molecule has 1 atom stereocenters. The van der Waals surface area contributed by atoms with Gasteiger partial charge in [0.2, 0.25) is 0 Å². The van der Waals surface area contributed by atoms with Crippen LogP contribution in [0, 0.1) is 0 Å². The molecule has 1 fully saturated rings. The Morgan fingerprint density at radius 1 is 1.39 bits per heavy atom. The van der Waals surface area contributed by atoms with E-state index < -0.39 is 15.6 Å². The van der Waals surface area contributed by atoms with E-state index in [2.05, 4.69) is 19.7 Å². The molecule has 10 heteroatoms. The third-order valence-corrected chi connectivity index (χ3v) is 5.04. The molecule has 1 saturated heterocycles. The average molecular weight is 338 g/mol. The lowest BCUT2D eigenvalue weighted by Gasteiger charge is -2.23. The molecule has 0 spiro atoms. The highest BCUT2D eigenvalue weighted by molar-refractivity contribution is 7.89. The maximum atomic E-state index is 12.2. The Bertz CT molecular complexity index is 778. The molecular weight excluding hydrogens is 320 g/mol. The van der Waals surface area contributed by atoms with Gasteiger partial charge in [-0.2, -0.15) is 0 Å². The summed E-state index contributed by atoms with van der Waals surface area (Å²) in [5.74, 6) is 0.663. The van der Waals surface area contributed by atoms with Gasteiger partial charge >= 0.3 is 0 Å². The van der Waals surface area contributed by atoms with E-state index in [0.717, 1.165) is 0 Å². The fourth-order valence-corrected chi connectivity index (χ4v) is 3.58. The van der Waals surface area contributed by atoms with Crippen molar-refractivity contribution in [2.24, 2.45) is 7.05 Å². The van der Waals surface area contributed by atoms with Crippen LogP contribution in [0.25, 0.3) is 0 Å². The summed E-state index contributed by atoms with van der Waals surface area (Å²) in [6.07, 6.45) is 8.03. The molecule has 23 heavy (non-hydrogen) atoms. The first-order valence-electron chi connectivity index (χ1n) is 7.09. The largest absolute Gasteiger partial charge is 0.387 e. The van der Waals surface area contributed by atoms with Gasteiger partial charge in [-0.05, 0) is 6.42 Å². The van der Waals surface area contributed by atoms with Crippen molar-refractivity contribution in [3.63, 3.8) is 0 Å². The summed E-state index contributed by atoms with van der Waals surface area (Å²) in [5, 5.41) is 10.5. The molecule has 0 aliphatic carbocycles. The van der Waals surface area contributed by atoms with E-state index in [0.29, 0.717) is 18.8 Å². The van der Waals surface area contributed by atoms with E-state index in [1.807, 2.05) is 4.90 Å². The van der Waals surface area contributed by atoms with Crippen LogP contribution in [-0.2, 0) is 17.1 Å². The lowest BCUT2D eigenvalue weighted by molar-refractivity contribution is 0.0685. The topological polar surface area (TPSA) is 113 Å². The highest BCUT2D eigenvalue weighted by atomic mass is 32.2. The van der Waals surface area contributed by atoms with Gasteiger partial charge in [0.25, 0.3) is 10.0 Å². The summed E-state index contributed by atoms with van der Waals surface area (Å²) in [5.41, 5.74) is -1.15. The zero-order valence-corrected chi connectivity index (χ0v) is 13.4. The van der Waals surface area contributed by atoms with Crippen molar-refractivity contribution in [3.8, 4) is 0 Å². The quantitative estimate of drug-likeness (QED) is 0.728. The number of aliphatic hydroxyl groups is 1. The van der Waals surface area contributed by atoms with Gasteiger partial charge in [-0.15, -0.1) is 0 Å². The SMILES string of the molecule is Cn1cnc(S(=O)(=O)NC[C@@]2(O)CCN(c3cnccn3)C2)c1. The summed E-state index contributed by atoms with van der Waals surface area (Å²) in [6, 6.07) is 0. The molecule has 0 aromatic carbocycles. The summed E-state index contributed by atoms with van der Waals surface area (Å²) in [7, 11) is -2.05. The molecule has 3 heterocycles. The molecule has 9 nitrogen and oxygen atoms in total. The minimum atomic E-state index is -3.74. The molecule has 0 saturated carbocycles. The van der Waals surface area contributed by atoms with E-state index in [4.69, 9.17) is 0 Å². The Balaban J connectivity index is 1.64. The van der Waals surface area contributed by atoms with E-state index in [9.17, 15) is 13.5 Å². The van der Waals surface area contributed by atoms with Gasteiger partial charge in [-0.25, -0.2) is 23.1 Å². The van der Waals surface area contributed by atoms with E-state index in [-0.39, 0.29) is 18.1 Å². The van der Waals surface area contributed by atoms with Gasteiger partial charge in [-0.1, -0.05) is 0 Å². The number of β-amino-alcohol motifs (C(OH)–C–C–N with tert-alkyl or cyclic N) is 1. The zero-order chi connectivity index (χ0) is 16.5. The number of aromatic nitrogens is 4. The molecule has 0 bridgehead atoms. The first kappa shape index (κ1) is 15.8. The number of imidazole rings is 1. The highest BCUT2D eigenvalue weighted by Crippen LogP contribution is 2.24. The first-order chi connectivity index (χ1) is 10.9. The second-order valence-electron chi connectivity index (χ2n) is 5.66. The number of nitrogens with zero attached hydrogens (tertiary/aromatic N) is 5. The summed E-state index contributed by atoms with van der Waals surface area (Å²) in [6.45, 7) is 0.791. The maximum absolute atomic E-state index is 12.2. The van der Waals surface area contributed by atoms with Crippen molar-refractivity contribution in [2.45, 2.75) is 17.0 Å². The second kappa shape index (κ2) is 5.87. The minimum Gasteiger partial charge on any atom is -0.387 e. The zero-order valence-electron chi connectivity index (χ0n) is 12.6. The fourth-order valence-electron chi connectivity index (χ4n) is 2.48. The van der Waals surface area contributed by atoms with Crippen molar-refractivity contribution in [1.82, 2.24) is 24.2 Å². The highest BCUT2D eigenvalue weighted by Gasteiger charge is 2.38. The molecule has 1 aliphatic rings. The standard InChI is InChI=1S/C13H18N6O3S/c1-18-7-12(16-10-18)23(21,22)17-8-13(20)2-5-19(9-13)11-6-14-3-4-15-11/h3-4,6-7,10,17,20H,2,5,8-9H2,1H3/t13-/m0/s1. The van der Waals surface area contributed by atoms with Gasteiger partial charge in [0.15, 0.2) is 5.03 Å². The minimum absolute atomic E-state index is 0.0626. The van der Waals surface area contributed by atoms with Gasteiger partial charge in [0.1, 0.15) is 5.82 Å². The summed E-state index contributed by atoms with van der Waals surface area (Å²) in [4.78, 5) is 13.9. The van der Waals surface area contributed by atoms with Gasteiger partial charge in [-0.3, -0.25) is 4.98 Å². The Morgan fingerprint density at radius 3 is 2.87 bits per heavy atom. The Kier molecular flexibility index (Phi) is 4.04. The van der Waals surface area contributed by atoms with Crippen LogP contribution >= 0.6 is 0 Å². The molecule has 0 unspecified atom stereocenters. The van der Waals surface area contributed by atoms with Crippen LogP contribution in [0.15, 0.2) is 36.1 Å². The van der Waals surface area contributed by atoms with Crippen LogP contribution in [0.2, 0.25) is 0 Å². The predicted molar refractivity (Wildman–Crippen MR) is 82.2 cm³/mol. The van der Waals surface area contributed by atoms with Crippen LogP contribution < -0.4 is 9.62 Å². The summed E-state index contributed by atoms with van der Waals surface area (Å²) >= 11 is 0. The summed E-state index contributed by atoms with van der Waals surface area (Å²) < 4.78 is 28.3. The number of aryl methyl sites for hydroxylation is 1. The maximum Gasteiger partial charge on any atom is 0.259 e. The van der Waals surface area contributed by atoms with Crippen molar-refractivity contribution in [1.29, 1.82) is 0 Å². The third-order valence-electron chi connectivity index (χ3n) is 3.75. The fraction of sp³-hybridized carbons (Fsp3) is 0.462. The van der Waals surface area contributed by atoms with E-state index in [1.54, 1.807) is 30.2 Å². The van der Waals surface area contributed by atoms with Gasteiger partial charge < -0.3 is 14.6 Å². The number of sulfonamides is 1. The smallest absolute Gasteiger partial charge is 0.259 e. The second-order valence-corrected chi connectivity index (χ2v) is 7.38. The predicted octanol–water partition coefficient (Wildman–Crippen LogP) is -0.870. The Labute approximate surface area is 134 Å². The van der Waals surface area contributed by atoms with Crippen molar-refractivity contribution in [2.75, 3.05) is 24.5 Å². The molecule has 0 radical (unpaired) electrons. The van der Waals surface area contributed by atoms with E-state index in [1.165, 1.54) is 12.5 Å².